The minimum Gasteiger partial charge on any atom is -0.261 e. The molecule has 1 aromatic rings. The van der Waals surface area contributed by atoms with Gasteiger partial charge in [0.2, 0.25) is 0 Å². The number of pyridine rings is 1. The fourth-order valence-electron chi connectivity index (χ4n) is 1.20. The van der Waals surface area contributed by atoms with Gasteiger partial charge in [0, 0.05) is 23.1 Å². The fourth-order valence-corrected chi connectivity index (χ4v) is 1.53. The molecule has 0 saturated carbocycles. The van der Waals surface area contributed by atoms with Crippen LogP contribution in [0.1, 0.15) is 25.1 Å². The fraction of sp³-hybridized carbons (Fsp3) is 0.545. The van der Waals surface area contributed by atoms with Gasteiger partial charge in [0.1, 0.15) is 0 Å². The van der Waals surface area contributed by atoms with Crippen molar-refractivity contribution in [2.24, 2.45) is 5.92 Å². The van der Waals surface area contributed by atoms with E-state index >= 15 is 0 Å². The van der Waals surface area contributed by atoms with Crippen LogP contribution in [0, 0.1) is 5.92 Å². The SMILES string of the molecule is CC(C)C(Br)Cc1cc(C(F)(F)F)ccn1. The zero-order valence-corrected chi connectivity index (χ0v) is 10.6. The molecule has 0 spiro atoms. The summed E-state index contributed by atoms with van der Waals surface area (Å²) in [6.45, 7) is 4.01. The first kappa shape index (κ1) is 13.5. The van der Waals surface area contributed by atoms with Crippen LogP contribution in [0.5, 0.6) is 0 Å². The summed E-state index contributed by atoms with van der Waals surface area (Å²) in [5.41, 5.74) is -0.175. The number of aromatic nitrogens is 1. The van der Waals surface area contributed by atoms with E-state index in [0.717, 1.165) is 12.1 Å². The van der Waals surface area contributed by atoms with Crippen molar-refractivity contribution in [2.75, 3.05) is 0 Å². The summed E-state index contributed by atoms with van der Waals surface area (Å²) in [4.78, 5) is 4.09. The van der Waals surface area contributed by atoms with E-state index in [1.54, 1.807) is 0 Å². The first-order chi connectivity index (χ1) is 7.30. The van der Waals surface area contributed by atoms with Gasteiger partial charge in [0.15, 0.2) is 0 Å². The Bertz CT molecular complexity index is 349. The molecular formula is C11H13BrF3N. The Morgan fingerprint density at radius 1 is 1.38 bits per heavy atom. The van der Waals surface area contributed by atoms with E-state index in [0.29, 0.717) is 18.0 Å². The highest BCUT2D eigenvalue weighted by atomic mass is 79.9. The standard InChI is InChI=1S/C11H13BrF3N/c1-7(2)10(12)6-9-5-8(3-4-16-9)11(13,14)15/h3-5,7,10H,6H2,1-2H3. The summed E-state index contributed by atoms with van der Waals surface area (Å²) in [5.74, 6) is 0.358. The maximum Gasteiger partial charge on any atom is 0.416 e. The van der Waals surface area contributed by atoms with Crippen LogP contribution < -0.4 is 0 Å². The third-order valence-electron chi connectivity index (χ3n) is 2.27. The Balaban J connectivity index is 2.83. The first-order valence-electron chi connectivity index (χ1n) is 4.97. The van der Waals surface area contributed by atoms with Crippen molar-refractivity contribution in [3.63, 3.8) is 0 Å². The van der Waals surface area contributed by atoms with Crippen molar-refractivity contribution < 1.29 is 13.2 Å². The average Bonchev–Trinajstić information content (AvgIpc) is 2.16. The highest BCUT2D eigenvalue weighted by Gasteiger charge is 2.30. The lowest BCUT2D eigenvalue weighted by atomic mass is 10.0. The van der Waals surface area contributed by atoms with Crippen molar-refractivity contribution in [3.8, 4) is 0 Å². The van der Waals surface area contributed by atoms with E-state index in [1.807, 2.05) is 13.8 Å². The molecule has 0 radical (unpaired) electrons. The second-order valence-corrected chi connectivity index (χ2v) is 5.17. The molecule has 1 rings (SSSR count). The van der Waals surface area contributed by atoms with Gasteiger partial charge in [0.05, 0.1) is 5.56 Å². The maximum atomic E-state index is 12.4. The number of alkyl halides is 4. The Morgan fingerprint density at radius 2 is 2.00 bits per heavy atom. The van der Waals surface area contributed by atoms with Crippen LogP contribution in [0.4, 0.5) is 13.2 Å². The lowest BCUT2D eigenvalue weighted by Gasteiger charge is -2.14. The predicted octanol–water partition coefficient (Wildman–Crippen LogP) is 4.06. The predicted molar refractivity (Wildman–Crippen MR) is 60.5 cm³/mol. The second-order valence-electron chi connectivity index (χ2n) is 4.00. The number of hydrogen-bond acceptors (Lipinski definition) is 1. The molecule has 90 valence electrons. The van der Waals surface area contributed by atoms with Gasteiger partial charge in [-0.25, -0.2) is 0 Å². The van der Waals surface area contributed by atoms with Gasteiger partial charge in [-0.3, -0.25) is 4.98 Å². The van der Waals surface area contributed by atoms with Crippen molar-refractivity contribution >= 4 is 15.9 Å². The van der Waals surface area contributed by atoms with Gasteiger partial charge in [-0.1, -0.05) is 29.8 Å². The van der Waals surface area contributed by atoms with Gasteiger partial charge >= 0.3 is 6.18 Å². The van der Waals surface area contributed by atoms with Gasteiger partial charge in [0.25, 0.3) is 0 Å². The van der Waals surface area contributed by atoms with Gasteiger partial charge < -0.3 is 0 Å². The third kappa shape index (κ3) is 3.77. The molecule has 1 unspecified atom stereocenters. The average molecular weight is 296 g/mol. The quantitative estimate of drug-likeness (QED) is 0.766. The van der Waals surface area contributed by atoms with Gasteiger partial charge in [-0.05, 0) is 18.1 Å². The van der Waals surface area contributed by atoms with Crippen molar-refractivity contribution in [2.45, 2.75) is 31.3 Å². The highest BCUT2D eigenvalue weighted by Crippen LogP contribution is 2.29. The zero-order valence-electron chi connectivity index (χ0n) is 9.05. The van der Waals surface area contributed by atoms with E-state index < -0.39 is 11.7 Å². The van der Waals surface area contributed by atoms with E-state index in [-0.39, 0.29) is 4.83 Å². The molecule has 1 nitrogen and oxygen atoms in total. The third-order valence-corrected chi connectivity index (χ3v) is 3.65. The Kier molecular flexibility index (Phi) is 4.35. The van der Waals surface area contributed by atoms with Crippen molar-refractivity contribution in [3.05, 3.63) is 29.6 Å². The summed E-state index contributed by atoms with van der Waals surface area (Å²) in [5, 5.41) is 0. The Hall–Kier alpha value is -0.580. The number of nitrogens with zero attached hydrogens (tertiary/aromatic N) is 1. The van der Waals surface area contributed by atoms with Crippen LogP contribution in [0.25, 0.3) is 0 Å². The summed E-state index contributed by atoms with van der Waals surface area (Å²) < 4.78 is 37.3. The molecule has 0 fully saturated rings. The van der Waals surface area contributed by atoms with Crippen molar-refractivity contribution in [1.29, 1.82) is 0 Å². The number of halogens is 4. The van der Waals surface area contributed by atoms with E-state index in [2.05, 4.69) is 20.9 Å². The molecule has 0 aliphatic carbocycles. The van der Waals surface area contributed by atoms with E-state index in [4.69, 9.17) is 0 Å². The number of hydrogen-bond donors (Lipinski definition) is 0. The molecule has 0 aliphatic heterocycles. The Labute approximate surface area is 101 Å². The van der Waals surface area contributed by atoms with Gasteiger partial charge in [-0.2, -0.15) is 13.2 Å². The largest absolute Gasteiger partial charge is 0.416 e. The Morgan fingerprint density at radius 3 is 2.50 bits per heavy atom. The van der Waals surface area contributed by atoms with Crippen molar-refractivity contribution in [1.82, 2.24) is 4.98 Å². The second kappa shape index (κ2) is 5.17. The van der Waals surface area contributed by atoms with E-state index in [9.17, 15) is 13.2 Å². The minimum absolute atomic E-state index is 0.142. The highest BCUT2D eigenvalue weighted by molar-refractivity contribution is 9.09. The molecule has 1 aromatic heterocycles. The van der Waals surface area contributed by atoms with Gasteiger partial charge in [-0.15, -0.1) is 0 Å². The smallest absolute Gasteiger partial charge is 0.261 e. The summed E-state index contributed by atoms with van der Waals surface area (Å²) in [7, 11) is 0. The molecule has 0 N–H and O–H groups in total. The lowest BCUT2D eigenvalue weighted by Crippen LogP contribution is -2.13. The molecule has 0 amide bonds. The molecule has 0 aromatic carbocycles. The first-order valence-corrected chi connectivity index (χ1v) is 5.88. The number of rotatable bonds is 3. The van der Waals surface area contributed by atoms with Crippen LogP contribution in [-0.4, -0.2) is 9.81 Å². The molecular weight excluding hydrogens is 283 g/mol. The topological polar surface area (TPSA) is 12.9 Å². The minimum atomic E-state index is -4.29. The van der Waals surface area contributed by atoms with E-state index in [1.165, 1.54) is 6.20 Å². The molecule has 0 bridgehead atoms. The van der Waals surface area contributed by atoms with Crippen LogP contribution in [0.3, 0.4) is 0 Å². The molecule has 1 atom stereocenters. The maximum absolute atomic E-state index is 12.4. The summed E-state index contributed by atoms with van der Waals surface area (Å²) >= 11 is 3.43. The van der Waals surface area contributed by atoms with Crippen LogP contribution in [0.2, 0.25) is 0 Å². The zero-order chi connectivity index (χ0) is 12.3. The molecule has 0 saturated heterocycles. The molecule has 0 aliphatic rings. The molecule has 1 heterocycles. The molecule has 5 heteroatoms. The lowest BCUT2D eigenvalue weighted by molar-refractivity contribution is -0.137. The monoisotopic (exact) mass is 295 g/mol. The molecule has 16 heavy (non-hydrogen) atoms. The summed E-state index contributed by atoms with van der Waals surface area (Å²) in [6.07, 6.45) is -2.59. The van der Waals surface area contributed by atoms with Crippen LogP contribution >= 0.6 is 15.9 Å². The summed E-state index contributed by atoms with van der Waals surface area (Å²) in [6, 6.07) is 2.10. The van der Waals surface area contributed by atoms with Crippen LogP contribution in [0.15, 0.2) is 18.3 Å². The van der Waals surface area contributed by atoms with Crippen LogP contribution in [-0.2, 0) is 12.6 Å². The normalized spacial score (nSPS) is 14.2.